The van der Waals surface area contributed by atoms with Crippen LogP contribution >= 0.6 is 0 Å². The lowest BCUT2D eigenvalue weighted by Gasteiger charge is -2.13. The molecule has 0 saturated heterocycles. The van der Waals surface area contributed by atoms with Gasteiger partial charge in [0.05, 0.1) is 5.69 Å². The predicted octanol–water partition coefficient (Wildman–Crippen LogP) is 6.46. The molecule has 0 N–H and O–H groups in total. The number of rotatable bonds is 3. The van der Waals surface area contributed by atoms with Gasteiger partial charge in [-0.05, 0) is 36.6 Å². The second-order valence-electron chi connectivity index (χ2n) is 7.63. The van der Waals surface area contributed by atoms with Crippen molar-refractivity contribution >= 4 is 10.9 Å². The molecule has 0 amide bonds. The molecule has 0 spiro atoms. The SMILES string of the molecule is Cc1ccc2c(c1)c1c(n2CCc2c(F)c(F)c(F)c(F)c2F)-c2ccccc2C1. The molecule has 1 aliphatic carbocycles. The first kappa shape index (κ1) is 18.9. The highest BCUT2D eigenvalue weighted by atomic mass is 19.2. The summed E-state index contributed by atoms with van der Waals surface area (Å²) in [6.07, 6.45) is 0.416. The van der Waals surface area contributed by atoms with Crippen molar-refractivity contribution in [3.05, 3.63) is 93.8 Å². The molecule has 3 aromatic carbocycles. The summed E-state index contributed by atoms with van der Waals surface area (Å²) in [4.78, 5) is 0. The number of hydrogen-bond donors (Lipinski definition) is 0. The number of fused-ring (bicyclic) bond motifs is 5. The van der Waals surface area contributed by atoms with Crippen LogP contribution < -0.4 is 0 Å². The van der Waals surface area contributed by atoms with Crippen LogP contribution in [0.25, 0.3) is 22.2 Å². The van der Waals surface area contributed by atoms with E-state index in [1.807, 2.05) is 47.9 Å². The summed E-state index contributed by atoms with van der Waals surface area (Å²) >= 11 is 0. The van der Waals surface area contributed by atoms with Gasteiger partial charge in [0.1, 0.15) is 0 Å². The molecule has 1 nitrogen and oxygen atoms in total. The molecule has 30 heavy (non-hydrogen) atoms. The number of benzene rings is 3. The largest absolute Gasteiger partial charge is 0.340 e. The quantitative estimate of drug-likeness (QED) is 0.182. The number of halogens is 5. The zero-order valence-corrected chi connectivity index (χ0v) is 16.0. The highest BCUT2D eigenvalue weighted by Crippen LogP contribution is 2.43. The minimum atomic E-state index is -2.13. The van der Waals surface area contributed by atoms with E-state index >= 15 is 0 Å². The van der Waals surface area contributed by atoms with Crippen LogP contribution in [0.1, 0.15) is 22.3 Å². The van der Waals surface area contributed by atoms with Gasteiger partial charge in [-0.3, -0.25) is 0 Å². The molecular formula is C24H16F5N. The smallest absolute Gasteiger partial charge is 0.200 e. The van der Waals surface area contributed by atoms with Crippen molar-refractivity contribution in [2.75, 3.05) is 0 Å². The number of hydrogen-bond acceptors (Lipinski definition) is 0. The maximum Gasteiger partial charge on any atom is 0.200 e. The van der Waals surface area contributed by atoms with Gasteiger partial charge in [0.15, 0.2) is 23.3 Å². The van der Waals surface area contributed by atoms with Gasteiger partial charge in [0.25, 0.3) is 0 Å². The Balaban J connectivity index is 1.66. The Hall–Kier alpha value is -3.15. The van der Waals surface area contributed by atoms with Gasteiger partial charge in [-0.25, -0.2) is 22.0 Å². The number of aromatic nitrogens is 1. The molecule has 1 aromatic heterocycles. The molecule has 0 bridgehead atoms. The molecule has 0 atom stereocenters. The molecule has 0 aliphatic heterocycles. The fraction of sp³-hybridized carbons (Fsp3) is 0.167. The average molecular weight is 413 g/mol. The second kappa shape index (κ2) is 6.69. The van der Waals surface area contributed by atoms with Gasteiger partial charge in [-0.1, -0.05) is 35.9 Å². The lowest BCUT2D eigenvalue weighted by molar-refractivity contribution is 0.368. The molecule has 0 saturated carbocycles. The summed E-state index contributed by atoms with van der Waals surface area (Å²) in [6.45, 7) is 2.07. The first-order valence-electron chi connectivity index (χ1n) is 9.58. The maximum absolute atomic E-state index is 14.2. The zero-order valence-electron chi connectivity index (χ0n) is 16.0. The van der Waals surface area contributed by atoms with Crippen LogP contribution in [0, 0.1) is 36.0 Å². The van der Waals surface area contributed by atoms with Crippen LogP contribution in [0.3, 0.4) is 0 Å². The molecule has 152 valence electrons. The molecule has 5 rings (SSSR count). The molecule has 0 unspecified atom stereocenters. The standard InChI is InChI=1S/C24H16F5N/c1-12-6-7-18-16(10-12)17-11-13-4-2-3-5-14(13)24(17)30(18)9-8-15-19(25)21(27)23(29)22(28)20(15)26/h2-7,10H,8-9,11H2,1H3. The van der Waals surface area contributed by atoms with Crippen LogP contribution in [-0.2, 0) is 19.4 Å². The molecule has 1 aliphatic rings. The van der Waals surface area contributed by atoms with E-state index in [2.05, 4.69) is 6.07 Å². The lowest BCUT2D eigenvalue weighted by Crippen LogP contribution is -2.11. The topological polar surface area (TPSA) is 4.93 Å². The third-order valence-electron chi connectivity index (χ3n) is 5.85. The maximum atomic E-state index is 14.2. The zero-order chi connectivity index (χ0) is 21.2. The highest BCUT2D eigenvalue weighted by molar-refractivity contribution is 5.95. The van der Waals surface area contributed by atoms with Crippen LogP contribution in [0.15, 0.2) is 42.5 Å². The lowest BCUT2D eigenvalue weighted by atomic mass is 10.1. The van der Waals surface area contributed by atoms with Crippen molar-refractivity contribution in [2.45, 2.75) is 26.3 Å². The Kier molecular flexibility index (Phi) is 4.20. The Morgan fingerprint density at radius 2 is 1.50 bits per heavy atom. The van der Waals surface area contributed by atoms with Crippen molar-refractivity contribution in [1.29, 1.82) is 0 Å². The Labute approximate surface area is 169 Å². The van der Waals surface area contributed by atoms with Crippen LogP contribution in [-0.4, -0.2) is 4.57 Å². The monoisotopic (exact) mass is 413 g/mol. The Morgan fingerprint density at radius 3 is 2.23 bits per heavy atom. The van der Waals surface area contributed by atoms with Crippen molar-refractivity contribution in [3.8, 4) is 11.3 Å². The molecule has 6 heteroatoms. The summed E-state index contributed by atoms with van der Waals surface area (Å²) in [5.41, 5.74) is 5.40. The van der Waals surface area contributed by atoms with Crippen LogP contribution in [0.5, 0.6) is 0 Å². The van der Waals surface area contributed by atoms with Crippen molar-refractivity contribution in [2.24, 2.45) is 0 Å². The summed E-state index contributed by atoms with van der Waals surface area (Å²) in [5.74, 6) is -9.49. The van der Waals surface area contributed by atoms with E-state index in [0.717, 1.165) is 45.3 Å². The number of nitrogens with zero attached hydrogens (tertiary/aromatic N) is 1. The molecule has 0 fully saturated rings. The van der Waals surface area contributed by atoms with Crippen LogP contribution in [0.4, 0.5) is 22.0 Å². The van der Waals surface area contributed by atoms with Gasteiger partial charge in [-0.15, -0.1) is 0 Å². The van der Waals surface area contributed by atoms with Gasteiger partial charge < -0.3 is 4.57 Å². The normalized spacial score (nSPS) is 12.5. The summed E-state index contributed by atoms with van der Waals surface area (Å²) in [7, 11) is 0. The minimum Gasteiger partial charge on any atom is -0.340 e. The van der Waals surface area contributed by atoms with E-state index in [0.29, 0.717) is 0 Å². The third kappa shape index (κ3) is 2.59. The fourth-order valence-corrected chi connectivity index (χ4v) is 4.45. The van der Waals surface area contributed by atoms with E-state index < -0.39 is 34.6 Å². The predicted molar refractivity (Wildman–Crippen MR) is 105 cm³/mol. The van der Waals surface area contributed by atoms with Crippen molar-refractivity contribution < 1.29 is 22.0 Å². The molecule has 4 aromatic rings. The summed E-state index contributed by atoms with van der Waals surface area (Å²) in [5, 5.41) is 1.04. The van der Waals surface area contributed by atoms with Gasteiger partial charge in [0, 0.05) is 35.0 Å². The van der Waals surface area contributed by atoms with Gasteiger partial charge in [0.2, 0.25) is 5.82 Å². The van der Waals surface area contributed by atoms with Gasteiger partial charge in [-0.2, -0.15) is 0 Å². The van der Waals surface area contributed by atoms with E-state index in [1.165, 1.54) is 0 Å². The molecule has 0 radical (unpaired) electrons. The van der Waals surface area contributed by atoms with Crippen molar-refractivity contribution in [1.82, 2.24) is 4.57 Å². The van der Waals surface area contributed by atoms with Crippen LogP contribution in [0.2, 0.25) is 0 Å². The highest BCUT2D eigenvalue weighted by Gasteiger charge is 2.28. The van der Waals surface area contributed by atoms with Crippen molar-refractivity contribution in [3.63, 3.8) is 0 Å². The third-order valence-corrected chi connectivity index (χ3v) is 5.85. The number of aryl methyl sites for hydroxylation is 2. The second-order valence-corrected chi connectivity index (χ2v) is 7.63. The Morgan fingerprint density at radius 1 is 0.833 bits per heavy atom. The molecular weight excluding hydrogens is 397 g/mol. The van der Waals surface area contributed by atoms with E-state index in [1.54, 1.807) is 0 Å². The first-order valence-corrected chi connectivity index (χ1v) is 9.58. The summed E-state index contributed by atoms with van der Waals surface area (Å²) in [6, 6.07) is 13.8. The van der Waals surface area contributed by atoms with Gasteiger partial charge >= 0.3 is 0 Å². The Bertz CT molecular complexity index is 1310. The van der Waals surface area contributed by atoms with E-state index in [9.17, 15) is 22.0 Å². The minimum absolute atomic E-state index is 0.0849. The average Bonchev–Trinajstić information content (AvgIpc) is 3.26. The summed E-state index contributed by atoms with van der Waals surface area (Å²) < 4.78 is 70.9. The van der Waals surface area contributed by atoms with E-state index in [4.69, 9.17) is 0 Å². The van der Waals surface area contributed by atoms with E-state index in [-0.39, 0.29) is 13.0 Å². The first-order chi connectivity index (χ1) is 14.4. The fourth-order valence-electron chi connectivity index (χ4n) is 4.45. The molecule has 1 heterocycles.